The van der Waals surface area contributed by atoms with Crippen molar-refractivity contribution in [3.8, 4) is 0 Å². The molecule has 1 nitrogen and oxygen atoms in total. The Morgan fingerprint density at radius 2 is 1.47 bits per heavy atom. The first-order chi connectivity index (χ1) is 8.09. The fraction of sp³-hybridized carbons (Fsp3) is 1.00. The highest BCUT2D eigenvalue weighted by molar-refractivity contribution is 5.05. The van der Waals surface area contributed by atoms with E-state index in [1.807, 2.05) is 0 Å². The van der Waals surface area contributed by atoms with Gasteiger partial charge in [0.15, 0.2) is 0 Å². The molecule has 0 aromatic rings. The Labute approximate surface area is 107 Å². The molecule has 3 aliphatic heterocycles. The van der Waals surface area contributed by atoms with Crippen LogP contribution in [0.1, 0.15) is 47.0 Å². The van der Waals surface area contributed by atoms with Crippen molar-refractivity contribution >= 4 is 0 Å². The molecule has 3 heterocycles. The van der Waals surface area contributed by atoms with Gasteiger partial charge in [-0.05, 0) is 48.3 Å². The van der Waals surface area contributed by atoms with Gasteiger partial charge in [0.1, 0.15) is 0 Å². The van der Waals surface area contributed by atoms with Gasteiger partial charge < -0.3 is 0 Å². The first-order valence-electron chi connectivity index (χ1n) is 7.83. The summed E-state index contributed by atoms with van der Waals surface area (Å²) in [5.74, 6) is 5.86. The van der Waals surface area contributed by atoms with Crippen molar-refractivity contribution in [1.29, 1.82) is 0 Å². The van der Waals surface area contributed by atoms with Gasteiger partial charge in [-0.15, -0.1) is 0 Å². The topological polar surface area (TPSA) is 3.24 Å². The van der Waals surface area contributed by atoms with Crippen LogP contribution in [0.2, 0.25) is 0 Å². The number of hydrogen-bond donors (Lipinski definition) is 0. The molecule has 4 fully saturated rings. The van der Waals surface area contributed by atoms with Crippen molar-refractivity contribution < 1.29 is 0 Å². The highest BCUT2D eigenvalue weighted by atomic mass is 15.2. The van der Waals surface area contributed by atoms with Gasteiger partial charge in [-0.3, -0.25) is 4.90 Å². The summed E-state index contributed by atoms with van der Waals surface area (Å²) in [4.78, 5) is 2.88. The van der Waals surface area contributed by atoms with Crippen LogP contribution < -0.4 is 0 Å². The molecule has 98 valence electrons. The highest BCUT2D eigenvalue weighted by Gasteiger charge is 2.54. The van der Waals surface area contributed by atoms with Gasteiger partial charge in [-0.2, -0.15) is 0 Å². The molecule has 0 amide bonds. The first-order valence-corrected chi connectivity index (χ1v) is 7.83. The molecular formula is C16H29N. The van der Waals surface area contributed by atoms with E-state index in [1.165, 1.54) is 32.4 Å². The van der Waals surface area contributed by atoms with E-state index in [-0.39, 0.29) is 0 Å². The first kappa shape index (κ1) is 12.0. The Balaban J connectivity index is 1.92. The van der Waals surface area contributed by atoms with Crippen LogP contribution in [-0.2, 0) is 0 Å². The van der Waals surface area contributed by atoms with Crippen molar-refractivity contribution in [3.05, 3.63) is 0 Å². The summed E-state index contributed by atoms with van der Waals surface area (Å²) in [7, 11) is 0. The van der Waals surface area contributed by atoms with Crippen molar-refractivity contribution in [2.24, 2.45) is 35.5 Å². The van der Waals surface area contributed by atoms with E-state index < -0.39 is 0 Å². The Bertz CT molecular complexity index is 269. The summed E-state index contributed by atoms with van der Waals surface area (Å²) in [5, 5.41) is 0. The summed E-state index contributed by atoms with van der Waals surface area (Å²) in [6.45, 7) is 12.7. The molecule has 4 bridgehead atoms. The third kappa shape index (κ3) is 1.77. The van der Waals surface area contributed by atoms with Gasteiger partial charge in [0, 0.05) is 19.1 Å². The van der Waals surface area contributed by atoms with Crippen molar-refractivity contribution in [1.82, 2.24) is 4.90 Å². The van der Waals surface area contributed by atoms with Crippen LogP contribution in [0, 0.1) is 35.5 Å². The number of fused-ring (bicyclic) bond motifs is 1. The van der Waals surface area contributed by atoms with Crippen LogP contribution >= 0.6 is 0 Å². The lowest BCUT2D eigenvalue weighted by molar-refractivity contribution is -0.139. The molecule has 4 atom stereocenters. The lowest BCUT2D eigenvalue weighted by Crippen LogP contribution is -2.66. The fourth-order valence-corrected chi connectivity index (χ4v) is 5.56. The maximum Gasteiger partial charge on any atom is 0.0152 e. The number of nitrogens with zero attached hydrogens (tertiary/aromatic N) is 1. The van der Waals surface area contributed by atoms with Crippen molar-refractivity contribution in [3.63, 3.8) is 0 Å². The van der Waals surface area contributed by atoms with Crippen LogP contribution in [0.4, 0.5) is 0 Å². The maximum absolute atomic E-state index is 2.88. The Hall–Kier alpha value is -0.0400. The molecule has 0 aromatic heterocycles. The van der Waals surface area contributed by atoms with Gasteiger partial charge in [-0.25, -0.2) is 0 Å². The average molecular weight is 235 g/mol. The number of rotatable bonds is 2. The molecule has 4 aliphatic rings. The molecule has 0 radical (unpaired) electrons. The second kappa shape index (κ2) is 4.26. The Morgan fingerprint density at radius 3 is 1.94 bits per heavy atom. The number of piperidine rings is 3. The molecule has 0 aromatic carbocycles. The summed E-state index contributed by atoms with van der Waals surface area (Å²) >= 11 is 0. The molecule has 1 heteroatoms. The average Bonchev–Trinajstić information content (AvgIpc) is 2.26. The van der Waals surface area contributed by atoms with Gasteiger partial charge in [0.2, 0.25) is 0 Å². The second-order valence-corrected chi connectivity index (χ2v) is 7.54. The van der Waals surface area contributed by atoms with E-state index in [2.05, 4.69) is 32.6 Å². The molecule has 1 saturated carbocycles. The van der Waals surface area contributed by atoms with Crippen LogP contribution in [0.5, 0.6) is 0 Å². The summed E-state index contributed by atoms with van der Waals surface area (Å²) in [5.41, 5.74) is 0. The van der Waals surface area contributed by atoms with E-state index >= 15 is 0 Å². The minimum Gasteiger partial charge on any atom is -0.299 e. The quantitative estimate of drug-likeness (QED) is 0.706. The maximum atomic E-state index is 2.88. The highest BCUT2D eigenvalue weighted by Crippen LogP contribution is 2.53. The Kier molecular flexibility index (Phi) is 3.01. The summed E-state index contributed by atoms with van der Waals surface area (Å²) in [6.07, 6.45) is 4.55. The normalized spacial score (nSPS) is 49.1. The monoisotopic (exact) mass is 235 g/mol. The van der Waals surface area contributed by atoms with Gasteiger partial charge in [0.25, 0.3) is 0 Å². The largest absolute Gasteiger partial charge is 0.299 e. The third-order valence-electron chi connectivity index (χ3n) is 5.89. The predicted molar refractivity (Wildman–Crippen MR) is 72.8 cm³/mol. The van der Waals surface area contributed by atoms with E-state index in [9.17, 15) is 0 Å². The van der Waals surface area contributed by atoms with Crippen LogP contribution in [0.25, 0.3) is 0 Å². The zero-order valence-corrected chi connectivity index (χ0v) is 12.0. The molecule has 4 unspecified atom stereocenters. The summed E-state index contributed by atoms with van der Waals surface area (Å²) < 4.78 is 0. The van der Waals surface area contributed by atoms with Gasteiger partial charge >= 0.3 is 0 Å². The molecule has 17 heavy (non-hydrogen) atoms. The van der Waals surface area contributed by atoms with Crippen molar-refractivity contribution in [2.45, 2.75) is 53.0 Å². The predicted octanol–water partition coefficient (Wildman–Crippen LogP) is 3.64. The lowest BCUT2D eigenvalue weighted by Gasteiger charge is -2.62. The Morgan fingerprint density at radius 1 is 0.882 bits per heavy atom. The third-order valence-corrected chi connectivity index (χ3v) is 5.89. The van der Waals surface area contributed by atoms with Crippen LogP contribution in [0.15, 0.2) is 0 Å². The van der Waals surface area contributed by atoms with Crippen LogP contribution in [0.3, 0.4) is 0 Å². The van der Waals surface area contributed by atoms with E-state index in [1.54, 1.807) is 0 Å². The molecule has 0 N–H and O–H groups in total. The van der Waals surface area contributed by atoms with Gasteiger partial charge in [-0.1, -0.05) is 34.1 Å². The van der Waals surface area contributed by atoms with E-state index in [0.29, 0.717) is 0 Å². The zero-order chi connectivity index (χ0) is 12.2. The minimum atomic E-state index is 0.839. The molecule has 3 saturated heterocycles. The molecule has 4 rings (SSSR count). The zero-order valence-electron chi connectivity index (χ0n) is 12.0. The number of hydrogen-bond acceptors (Lipinski definition) is 1. The van der Waals surface area contributed by atoms with Crippen molar-refractivity contribution in [2.75, 3.05) is 13.1 Å². The van der Waals surface area contributed by atoms with Gasteiger partial charge in [0.05, 0.1) is 0 Å². The summed E-state index contributed by atoms with van der Waals surface area (Å²) in [6, 6.07) is 0.880. The SMILES string of the molecule is CC(C)C1C2C3CCCC2CN(C3)C1C(C)C. The fourth-order valence-electron chi connectivity index (χ4n) is 5.56. The minimum absolute atomic E-state index is 0.839. The smallest absolute Gasteiger partial charge is 0.0152 e. The second-order valence-electron chi connectivity index (χ2n) is 7.54. The van der Waals surface area contributed by atoms with Crippen LogP contribution in [-0.4, -0.2) is 24.0 Å². The van der Waals surface area contributed by atoms with E-state index in [0.717, 1.165) is 41.5 Å². The molecular weight excluding hydrogens is 206 g/mol. The lowest BCUT2D eigenvalue weighted by atomic mass is 9.54. The van der Waals surface area contributed by atoms with E-state index in [4.69, 9.17) is 0 Å². The molecule has 1 aliphatic carbocycles. The molecule has 0 spiro atoms. The standard InChI is InChI=1S/C16H29N/c1-10(2)14-15-12-6-5-7-13(15)9-17(8-12)16(14)11(3)4/h10-16H,5-9H2,1-4H3.